The maximum absolute atomic E-state index is 12.6. The zero-order valence-electron chi connectivity index (χ0n) is 16.9. The van der Waals surface area contributed by atoms with Crippen molar-refractivity contribution in [2.45, 2.75) is 26.6 Å². The van der Waals surface area contributed by atoms with Crippen molar-refractivity contribution in [2.24, 2.45) is 0 Å². The van der Waals surface area contributed by atoms with E-state index in [0.717, 1.165) is 11.1 Å². The van der Waals surface area contributed by atoms with Crippen LogP contribution in [0.1, 0.15) is 28.4 Å². The summed E-state index contributed by atoms with van der Waals surface area (Å²) in [5.41, 5.74) is 7.05. The molecule has 0 saturated heterocycles. The van der Waals surface area contributed by atoms with Crippen LogP contribution in [0, 0.1) is 6.92 Å². The van der Waals surface area contributed by atoms with E-state index in [-0.39, 0.29) is 0 Å². The van der Waals surface area contributed by atoms with Crippen LogP contribution in [0.5, 0.6) is 11.5 Å². The minimum absolute atomic E-state index is 0.321. The lowest BCUT2D eigenvalue weighted by molar-refractivity contribution is -0.128. The largest absolute Gasteiger partial charge is 0.488 e. The van der Waals surface area contributed by atoms with Gasteiger partial charge >= 0.3 is 0 Å². The summed E-state index contributed by atoms with van der Waals surface area (Å²) >= 11 is 0. The van der Waals surface area contributed by atoms with Crippen LogP contribution < -0.4 is 20.3 Å². The van der Waals surface area contributed by atoms with Crippen molar-refractivity contribution in [3.63, 3.8) is 0 Å². The highest BCUT2D eigenvalue weighted by molar-refractivity contribution is 5.98. The normalized spacial score (nSPS) is 11.3. The lowest BCUT2D eigenvalue weighted by Crippen LogP contribution is -2.47. The van der Waals surface area contributed by atoms with E-state index in [1.807, 2.05) is 55.5 Å². The van der Waals surface area contributed by atoms with Gasteiger partial charge in [-0.15, -0.1) is 0 Å². The molecule has 6 nitrogen and oxygen atoms in total. The molecule has 3 aromatic rings. The van der Waals surface area contributed by atoms with Crippen molar-refractivity contribution in [3.8, 4) is 11.5 Å². The lowest BCUT2D eigenvalue weighted by Gasteiger charge is -2.17. The van der Waals surface area contributed by atoms with Gasteiger partial charge in [-0.2, -0.15) is 0 Å². The first-order valence-electron chi connectivity index (χ1n) is 9.63. The van der Waals surface area contributed by atoms with Gasteiger partial charge in [0.25, 0.3) is 11.8 Å². The molecule has 0 bridgehead atoms. The number of ether oxygens (including phenoxy) is 2. The molecule has 0 fully saturated rings. The lowest BCUT2D eigenvalue weighted by atomic mass is 10.2. The summed E-state index contributed by atoms with van der Waals surface area (Å²) < 4.78 is 11.5. The van der Waals surface area contributed by atoms with Crippen molar-refractivity contribution in [2.75, 3.05) is 0 Å². The van der Waals surface area contributed by atoms with Crippen LogP contribution in [-0.4, -0.2) is 17.9 Å². The van der Waals surface area contributed by atoms with Crippen LogP contribution in [-0.2, 0) is 11.4 Å². The maximum Gasteiger partial charge on any atom is 0.279 e. The van der Waals surface area contributed by atoms with E-state index in [4.69, 9.17) is 9.47 Å². The zero-order valence-corrected chi connectivity index (χ0v) is 16.9. The van der Waals surface area contributed by atoms with Crippen molar-refractivity contribution >= 4 is 11.8 Å². The highest BCUT2D eigenvalue weighted by atomic mass is 16.5. The van der Waals surface area contributed by atoms with Gasteiger partial charge in [0.1, 0.15) is 18.1 Å². The molecular formula is C24H24N2O4. The molecule has 6 heteroatoms. The number of hydrogen-bond acceptors (Lipinski definition) is 4. The van der Waals surface area contributed by atoms with Gasteiger partial charge in [0, 0.05) is 0 Å². The van der Waals surface area contributed by atoms with Crippen LogP contribution in [0.4, 0.5) is 0 Å². The smallest absolute Gasteiger partial charge is 0.279 e. The maximum atomic E-state index is 12.6. The first kappa shape index (κ1) is 20.9. The third-order valence-electron chi connectivity index (χ3n) is 4.43. The molecule has 0 radical (unpaired) electrons. The van der Waals surface area contributed by atoms with Crippen LogP contribution in [0.2, 0.25) is 0 Å². The van der Waals surface area contributed by atoms with Gasteiger partial charge in [-0.3, -0.25) is 20.4 Å². The Morgan fingerprint density at radius 1 is 0.833 bits per heavy atom. The van der Waals surface area contributed by atoms with E-state index < -0.39 is 17.9 Å². The fraction of sp³-hybridized carbons (Fsp3) is 0.167. The van der Waals surface area contributed by atoms with Crippen LogP contribution >= 0.6 is 0 Å². The van der Waals surface area contributed by atoms with Crippen LogP contribution in [0.15, 0.2) is 78.9 Å². The van der Waals surface area contributed by atoms with Crippen molar-refractivity contribution in [1.82, 2.24) is 10.9 Å². The van der Waals surface area contributed by atoms with Gasteiger partial charge in [-0.1, -0.05) is 60.7 Å². The molecule has 0 aromatic heterocycles. The van der Waals surface area contributed by atoms with Crippen LogP contribution in [0.3, 0.4) is 0 Å². The molecule has 2 N–H and O–H groups in total. The van der Waals surface area contributed by atoms with E-state index in [1.165, 1.54) is 0 Å². The van der Waals surface area contributed by atoms with E-state index in [9.17, 15) is 9.59 Å². The Bertz CT molecular complexity index is 1000. The number of nitrogens with one attached hydrogen (secondary N) is 2. The molecule has 0 aliphatic rings. The van der Waals surface area contributed by atoms with Crippen LogP contribution in [0.25, 0.3) is 0 Å². The monoisotopic (exact) mass is 404 g/mol. The van der Waals surface area contributed by atoms with E-state index in [0.29, 0.717) is 23.7 Å². The summed E-state index contributed by atoms with van der Waals surface area (Å²) in [6.45, 7) is 3.84. The highest BCUT2D eigenvalue weighted by Crippen LogP contribution is 2.20. The molecule has 30 heavy (non-hydrogen) atoms. The number of carbonyl (C=O) groups excluding carboxylic acids is 2. The molecule has 0 aliphatic carbocycles. The number of aryl methyl sites for hydroxylation is 1. The van der Waals surface area contributed by atoms with Gasteiger partial charge in [-0.05, 0) is 43.2 Å². The SMILES string of the molecule is Cc1ccccc1O[C@@H](C)C(=O)NNC(=O)c1ccccc1OCc1ccccc1. The summed E-state index contributed by atoms with van der Waals surface area (Å²) in [6, 6.07) is 23.9. The molecule has 3 rings (SSSR count). The van der Waals surface area contributed by atoms with Gasteiger partial charge in [0.2, 0.25) is 0 Å². The van der Waals surface area contributed by atoms with Crippen molar-refractivity contribution in [1.29, 1.82) is 0 Å². The molecule has 0 unspecified atom stereocenters. The molecule has 1 atom stereocenters. The first-order valence-corrected chi connectivity index (χ1v) is 9.63. The summed E-state index contributed by atoms with van der Waals surface area (Å²) in [7, 11) is 0. The number of benzene rings is 3. The average Bonchev–Trinajstić information content (AvgIpc) is 2.78. The molecule has 2 amide bonds. The Morgan fingerprint density at radius 3 is 2.20 bits per heavy atom. The summed E-state index contributed by atoms with van der Waals surface area (Å²) in [5.74, 6) is 0.104. The quantitative estimate of drug-likeness (QED) is 0.587. The Morgan fingerprint density at radius 2 is 1.47 bits per heavy atom. The van der Waals surface area contributed by atoms with Gasteiger partial charge in [-0.25, -0.2) is 0 Å². The number of hydrazine groups is 1. The number of carbonyl (C=O) groups is 2. The Kier molecular flexibility index (Phi) is 7.05. The second kappa shape index (κ2) is 10.1. The molecule has 3 aromatic carbocycles. The molecule has 0 heterocycles. The van der Waals surface area contributed by atoms with Gasteiger partial charge in [0.05, 0.1) is 5.56 Å². The second-order valence-electron chi connectivity index (χ2n) is 6.74. The minimum Gasteiger partial charge on any atom is -0.488 e. The summed E-state index contributed by atoms with van der Waals surface area (Å²) in [6.07, 6.45) is -0.782. The Balaban J connectivity index is 1.56. The average molecular weight is 404 g/mol. The summed E-state index contributed by atoms with van der Waals surface area (Å²) in [5, 5.41) is 0. The van der Waals surface area contributed by atoms with Crippen molar-refractivity contribution < 1.29 is 19.1 Å². The van der Waals surface area contributed by atoms with Crippen molar-refractivity contribution in [3.05, 3.63) is 95.6 Å². The molecule has 0 saturated carbocycles. The highest BCUT2D eigenvalue weighted by Gasteiger charge is 2.18. The Labute approximate surface area is 175 Å². The first-order chi connectivity index (χ1) is 14.5. The number of amides is 2. The van der Waals surface area contributed by atoms with E-state index in [1.54, 1.807) is 37.3 Å². The Hall–Kier alpha value is -3.80. The van der Waals surface area contributed by atoms with E-state index >= 15 is 0 Å². The molecule has 154 valence electrons. The third kappa shape index (κ3) is 5.61. The zero-order chi connectivity index (χ0) is 21.3. The molecular weight excluding hydrogens is 380 g/mol. The fourth-order valence-corrected chi connectivity index (χ4v) is 2.74. The molecule has 0 spiro atoms. The number of hydrogen-bond donors (Lipinski definition) is 2. The second-order valence-corrected chi connectivity index (χ2v) is 6.74. The topological polar surface area (TPSA) is 76.7 Å². The standard InChI is InChI=1S/C24H24N2O4/c1-17-10-6-8-14-21(17)30-18(2)23(27)25-26-24(28)20-13-7-9-15-22(20)29-16-19-11-4-3-5-12-19/h3-15,18H,16H2,1-2H3,(H,25,27)(H,26,28)/t18-/m0/s1. The summed E-state index contributed by atoms with van der Waals surface area (Å²) in [4.78, 5) is 24.9. The third-order valence-corrected chi connectivity index (χ3v) is 4.43. The predicted octanol–water partition coefficient (Wildman–Crippen LogP) is 3.80. The van der Waals surface area contributed by atoms with E-state index in [2.05, 4.69) is 10.9 Å². The fourth-order valence-electron chi connectivity index (χ4n) is 2.74. The van der Waals surface area contributed by atoms with Gasteiger partial charge < -0.3 is 9.47 Å². The minimum atomic E-state index is -0.782. The number of para-hydroxylation sites is 2. The number of rotatable bonds is 7. The molecule has 0 aliphatic heterocycles. The predicted molar refractivity (Wildman–Crippen MR) is 114 cm³/mol. The van der Waals surface area contributed by atoms with Gasteiger partial charge in [0.15, 0.2) is 6.10 Å².